The number of carbonyl (C=O) groups excluding carboxylic acids is 1. The quantitative estimate of drug-likeness (QED) is 0.483. The molecule has 0 N–H and O–H groups in total. The number of nitriles is 1. The standard InChI is InChI=1S/C14H15ClN2O2/c1-4-19-14(18)11(9-16)7-10-5-6-12(17(2)3)8-13(10)15/h5-8H,4H2,1-3H3/b11-7+. The molecule has 4 nitrogen and oxygen atoms in total. The molecule has 0 aliphatic rings. The average molecular weight is 279 g/mol. The normalized spacial score (nSPS) is 10.8. The maximum absolute atomic E-state index is 11.5. The highest BCUT2D eigenvalue weighted by molar-refractivity contribution is 6.32. The van der Waals surface area contributed by atoms with Gasteiger partial charge in [0.25, 0.3) is 0 Å². The molecule has 0 saturated carbocycles. The summed E-state index contributed by atoms with van der Waals surface area (Å²) in [7, 11) is 3.81. The lowest BCUT2D eigenvalue weighted by atomic mass is 10.1. The largest absolute Gasteiger partial charge is 0.462 e. The van der Waals surface area contributed by atoms with Gasteiger partial charge in [-0.15, -0.1) is 0 Å². The fraction of sp³-hybridized carbons (Fsp3) is 0.286. The SMILES string of the molecule is CCOC(=O)/C(C#N)=C/c1ccc(N(C)C)cc1Cl. The average Bonchev–Trinajstić information content (AvgIpc) is 2.37. The Balaban J connectivity index is 3.10. The van der Waals surface area contributed by atoms with Gasteiger partial charge >= 0.3 is 5.97 Å². The number of rotatable bonds is 4. The van der Waals surface area contributed by atoms with E-state index in [1.165, 1.54) is 6.08 Å². The van der Waals surface area contributed by atoms with Crippen molar-refractivity contribution in [3.63, 3.8) is 0 Å². The van der Waals surface area contributed by atoms with Crippen LogP contribution in [-0.4, -0.2) is 26.7 Å². The van der Waals surface area contributed by atoms with Gasteiger partial charge in [-0.2, -0.15) is 5.26 Å². The zero-order valence-electron chi connectivity index (χ0n) is 11.1. The van der Waals surface area contributed by atoms with Crippen molar-refractivity contribution in [2.45, 2.75) is 6.92 Å². The van der Waals surface area contributed by atoms with E-state index in [2.05, 4.69) is 0 Å². The number of carbonyl (C=O) groups is 1. The molecule has 0 amide bonds. The lowest BCUT2D eigenvalue weighted by Gasteiger charge is -2.13. The molecule has 0 aliphatic heterocycles. The van der Waals surface area contributed by atoms with Gasteiger partial charge in [0.1, 0.15) is 11.6 Å². The van der Waals surface area contributed by atoms with Crippen molar-refractivity contribution in [2.75, 3.05) is 25.6 Å². The maximum atomic E-state index is 11.5. The first kappa shape index (κ1) is 15.1. The summed E-state index contributed by atoms with van der Waals surface area (Å²) < 4.78 is 4.79. The lowest BCUT2D eigenvalue weighted by molar-refractivity contribution is -0.137. The van der Waals surface area contributed by atoms with Crippen LogP contribution < -0.4 is 4.90 Å². The molecular weight excluding hydrogens is 264 g/mol. The number of esters is 1. The molecular formula is C14H15ClN2O2. The van der Waals surface area contributed by atoms with E-state index >= 15 is 0 Å². The van der Waals surface area contributed by atoms with Crippen LogP contribution in [0.3, 0.4) is 0 Å². The van der Waals surface area contributed by atoms with Crippen LogP contribution in [-0.2, 0) is 9.53 Å². The van der Waals surface area contributed by atoms with E-state index in [1.54, 1.807) is 19.1 Å². The Kier molecular flexibility index (Phi) is 5.40. The van der Waals surface area contributed by atoms with Crippen molar-refractivity contribution < 1.29 is 9.53 Å². The third-order valence-corrected chi connectivity index (χ3v) is 2.74. The molecule has 0 atom stereocenters. The van der Waals surface area contributed by atoms with Gasteiger partial charge in [0.2, 0.25) is 0 Å². The third-order valence-electron chi connectivity index (χ3n) is 2.42. The molecule has 0 radical (unpaired) electrons. The number of hydrogen-bond donors (Lipinski definition) is 0. The number of hydrogen-bond acceptors (Lipinski definition) is 4. The molecule has 100 valence electrons. The zero-order valence-corrected chi connectivity index (χ0v) is 11.9. The molecule has 0 unspecified atom stereocenters. The summed E-state index contributed by atoms with van der Waals surface area (Å²) >= 11 is 6.12. The summed E-state index contributed by atoms with van der Waals surface area (Å²) in [6.07, 6.45) is 1.43. The van der Waals surface area contributed by atoms with Gasteiger partial charge in [-0.25, -0.2) is 4.79 Å². The van der Waals surface area contributed by atoms with Gasteiger partial charge in [-0.05, 0) is 30.7 Å². The molecule has 0 spiro atoms. The van der Waals surface area contributed by atoms with Gasteiger partial charge in [0.15, 0.2) is 0 Å². The number of nitrogens with zero attached hydrogens (tertiary/aromatic N) is 2. The Bertz CT molecular complexity index is 545. The summed E-state index contributed by atoms with van der Waals surface area (Å²) in [6.45, 7) is 1.91. The Labute approximate surface area is 117 Å². The Morgan fingerprint density at radius 2 is 2.21 bits per heavy atom. The van der Waals surface area contributed by atoms with Crippen LogP contribution in [0.5, 0.6) is 0 Å². The topological polar surface area (TPSA) is 53.3 Å². The first-order valence-electron chi connectivity index (χ1n) is 5.75. The van der Waals surface area contributed by atoms with E-state index in [0.717, 1.165) is 5.69 Å². The smallest absolute Gasteiger partial charge is 0.348 e. The van der Waals surface area contributed by atoms with Crippen LogP contribution in [0.1, 0.15) is 12.5 Å². The van der Waals surface area contributed by atoms with Gasteiger partial charge in [-0.3, -0.25) is 0 Å². The summed E-state index contributed by atoms with van der Waals surface area (Å²) in [4.78, 5) is 13.4. The van der Waals surface area contributed by atoms with Crippen LogP contribution in [0.4, 0.5) is 5.69 Å². The Morgan fingerprint density at radius 3 is 2.68 bits per heavy atom. The summed E-state index contributed by atoms with van der Waals surface area (Å²) in [6, 6.07) is 7.21. The van der Waals surface area contributed by atoms with Crippen LogP contribution in [0.25, 0.3) is 6.08 Å². The molecule has 19 heavy (non-hydrogen) atoms. The monoisotopic (exact) mass is 278 g/mol. The summed E-state index contributed by atoms with van der Waals surface area (Å²) in [5.41, 5.74) is 1.48. The van der Waals surface area contributed by atoms with E-state index < -0.39 is 5.97 Å². The third kappa shape index (κ3) is 4.01. The summed E-state index contributed by atoms with van der Waals surface area (Å²) in [5, 5.41) is 9.42. The number of anilines is 1. The van der Waals surface area contributed by atoms with Crippen LogP contribution >= 0.6 is 11.6 Å². The van der Waals surface area contributed by atoms with Crippen LogP contribution in [0.15, 0.2) is 23.8 Å². The number of ether oxygens (including phenoxy) is 1. The number of benzene rings is 1. The van der Waals surface area contributed by atoms with Crippen molar-refractivity contribution >= 4 is 29.3 Å². The fourth-order valence-electron chi connectivity index (χ4n) is 1.41. The molecule has 1 aromatic carbocycles. The molecule has 0 saturated heterocycles. The van der Waals surface area contributed by atoms with E-state index in [-0.39, 0.29) is 12.2 Å². The first-order valence-corrected chi connectivity index (χ1v) is 6.13. The predicted molar refractivity (Wildman–Crippen MR) is 76.0 cm³/mol. The van der Waals surface area contributed by atoms with Crippen molar-refractivity contribution in [1.82, 2.24) is 0 Å². The Morgan fingerprint density at radius 1 is 1.53 bits per heavy atom. The fourth-order valence-corrected chi connectivity index (χ4v) is 1.64. The number of halogens is 1. The van der Waals surface area contributed by atoms with Crippen LogP contribution in [0, 0.1) is 11.3 Å². The van der Waals surface area contributed by atoms with Gasteiger partial charge < -0.3 is 9.64 Å². The molecule has 1 aromatic rings. The van der Waals surface area contributed by atoms with E-state index in [1.807, 2.05) is 31.1 Å². The minimum atomic E-state index is -0.641. The van der Waals surface area contributed by atoms with Crippen LogP contribution in [0.2, 0.25) is 5.02 Å². The van der Waals surface area contributed by atoms with Gasteiger partial charge in [-0.1, -0.05) is 17.7 Å². The second-order valence-electron chi connectivity index (χ2n) is 3.99. The predicted octanol–water partition coefficient (Wildman–Crippen LogP) is 2.88. The Hall–Kier alpha value is -1.99. The van der Waals surface area contributed by atoms with Crippen molar-refractivity contribution in [2.24, 2.45) is 0 Å². The minimum Gasteiger partial charge on any atom is -0.462 e. The van der Waals surface area contributed by atoms with Gasteiger partial charge in [0.05, 0.1) is 6.61 Å². The van der Waals surface area contributed by atoms with E-state index in [9.17, 15) is 4.79 Å². The minimum absolute atomic E-state index is 0.0682. The molecule has 0 fully saturated rings. The molecule has 0 heterocycles. The second kappa shape index (κ2) is 6.81. The highest BCUT2D eigenvalue weighted by Crippen LogP contribution is 2.24. The highest BCUT2D eigenvalue weighted by atomic mass is 35.5. The summed E-state index contributed by atoms with van der Waals surface area (Å²) in [5.74, 6) is -0.641. The van der Waals surface area contributed by atoms with E-state index in [0.29, 0.717) is 10.6 Å². The van der Waals surface area contributed by atoms with Crippen molar-refractivity contribution in [3.8, 4) is 6.07 Å². The highest BCUT2D eigenvalue weighted by Gasteiger charge is 2.11. The molecule has 5 heteroatoms. The maximum Gasteiger partial charge on any atom is 0.348 e. The van der Waals surface area contributed by atoms with Crippen molar-refractivity contribution in [1.29, 1.82) is 5.26 Å². The van der Waals surface area contributed by atoms with Gasteiger partial charge in [0, 0.05) is 24.8 Å². The molecule has 0 bridgehead atoms. The lowest BCUT2D eigenvalue weighted by Crippen LogP contribution is -2.08. The second-order valence-corrected chi connectivity index (χ2v) is 4.40. The molecule has 0 aromatic heterocycles. The molecule has 1 rings (SSSR count). The zero-order chi connectivity index (χ0) is 14.4. The first-order chi connectivity index (χ1) is 8.99. The molecule has 0 aliphatic carbocycles. The van der Waals surface area contributed by atoms with E-state index in [4.69, 9.17) is 21.6 Å². The van der Waals surface area contributed by atoms with Crippen molar-refractivity contribution in [3.05, 3.63) is 34.4 Å².